The van der Waals surface area contributed by atoms with E-state index in [1.165, 1.54) is 15.3 Å². The quantitative estimate of drug-likeness (QED) is 0.218. The van der Waals surface area contributed by atoms with Crippen LogP contribution in [0.1, 0.15) is 56.6 Å². The number of para-hydroxylation sites is 1. The van der Waals surface area contributed by atoms with E-state index in [0.29, 0.717) is 27.6 Å². The van der Waals surface area contributed by atoms with Gasteiger partial charge in [0.1, 0.15) is 11.3 Å². The number of hydrogen-bond donors (Lipinski definition) is 0. The van der Waals surface area contributed by atoms with Gasteiger partial charge in [-0.3, -0.25) is 0 Å². The summed E-state index contributed by atoms with van der Waals surface area (Å²) in [5.41, 5.74) is 5.70. The Morgan fingerprint density at radius 3 is 2.46 bits per heavy atom. The van der Waals surface area contributed by atoms with Crippen molar-refractivity contribution in [2.24, 2.45) is 0 Å². The van der Waals surface area contributed by atoms with Gasteiger partial charge in [-0.15, -0.1) is 11.3 Å². The molecular formula is C34H32O3S2. The minimum atomic E-state index is -3.60. The molecule has 2 aromatic carbocycles. The van der Waals surface area contributed by atoms with Crippen molar-refractivity contribution < 1.29 is 12.8 Å². The summed E-state index contributed by atoms with van der Waals surface area (Å²) in [4.78, 5) is 3.42. The smallest absolute Gasteiger partial charge is 0.203 e. The van der Waals surface area contributed by atoms with E-state index in [-0.39, 0.29) is 0 Å². The fourth-order valence-electron chi connectivity index (χ4n) is 5.63. The zero-order chi connectivity index (χ0) is 27.0. The Hall–Kier alpha value is -3.41. The van der Waals surface area contributed by atoms with Crippen LogP contribution in [0.2, 0.25) is 0 Å². The Morgan fingerprint density at radius 2 is 1.72 bits per heavy atom. The van der Waals surface area contributed by atoms with Gasteiger partial charge in [0.05, 0.1) is 9.81 Å². The number of thiophene rings is 1. The van der Waals surface area contributed by atoms with Crippen molar-refractivity contribution in [3.63, 3.8) is 0 Å². The second kappa shape index (κ2) is 10.6. The van der Waals surface area contributed by atoms with Gasteiger partial charge in [0.25, 0.3) is 0 Å². The summed E-state index contributed by atoms with van der Waals surface area (Å²) in [7, 11) is -3.60. The predicted octanol–water partition coefficient (Wildman–Crippen LogP) is 9.88. The molecule has 0 N–H and O–H groups in total. The van der Waals surface area contributed by atoms with E-state index in [2.05, 4.69) is 49.4 Å². The second-order valence-electron chi connectivity index (χ2n) is 10.1. The van der Waals surface area contributed by atoms with Crippen molar-refractivity contribution in [1.82, 2.24) is 0 Å². The van der Waals surface area contributed by atoms with Gasteiger partial charge in [-0.1, -0.05) is 93.4 Å². The number of aryl methyl sites for hydroxylation is 1. The molecular weight excluding hydrogens is 521 g/mol. The lowest BCUT2D eigenvalue weighted by Crippen LogP contribution is -2.07. The molecule has 0 unspecified atom stereocenters. The maximum absolute atomic E-state index is 14.0. The number of furan rings is 1. The minimum absolute atomic E-state index is 0.431. The molecule has 0 saturated heterocycles. The van der Waals surface area contributed by atoms with Crippen LogP contribution >= 0.6 is 11.3 Å². The Morgan fingerprint density at radius 1 is 0.949 bits per heavy atom. The van der Waals surface area contributed by atoms with Crippen LogP contribution in [0.4, 0.5) is 0 Å². The fraction of sp³-hybridized carbons (Fsp3) is 0.235. The van der Waals surface area contributed by atoms with Crippen molar-refractivity contribution in [3.05, 3.63) is 111 Å². The van der Waals surface area contributed by atoms with Crippen molar-refractivity contribution in [2.75, 3.05) is 0 Å². The fourth-order valence-corrected chi connectivity index (χ4v) is 8.87. The first kappa shape index (κ1) is 25.8. The average molecular weight is 553 g/mol. The summed E-state index contributed by atoms with van der Waals surface area (Å²) >= 11 is 1.82. The molecule has 198 valence electrons. The number of hydrogen-bond acceptors (Lipinski definition) is 4. The summed E-state index contributed by atoms with van der Waals surface area (Å²) in [6.07, 6.45) is 12.7. The highest BCUT2D eigenvalue weighted by molar-refractivity contribution is 7.99. The normalized spacial score (nSPS) is 16.7. The first-order chi connectivity index (χ1) is 19.0. The molecule has 5 heteroatoms. The molecule has 0 bridgehead atoms. The topological polar surface area (TPSA) is 47.3 Å². The van der Waals surface area contributed by atoms with Gasteiger partial charge in [-0.2, -0.15) is 0 Å². The largest absolute Gasteiger partial charge is 0.455 e. The predicted molar refractivity (Wildman–Crippen MR) is 164 cm³/mol. The van der Waals surface area contributed by atoms with Crippen LogP contribution < -0.4 is 0 Å². The summed E-state index contributed by atoms with van der Waals surface area (Å²) in [6, 6.07) is 20.8. The standard InChI is InChI=1S/C34H32O3S2/c1-3-13-29-26(21-30(38-29)23-15-7-5-8-16-23)33-25-19-11-12-20-28(25)37-34(33)27-22-32(24-17-9-6-10-18-24)39(35,36)31(27)14-4-2/h5-9,11-12,15-17,19-22H,3-4,10,13-14,18H2,1-2H3. The number of benzene rings is 2. The average Bonchev–Trinajstić information content (AvgIpc) is 3.62. The van der Waals surface area contributed by atoms with Crippen molar-refractivity contribution in [2.45, 2.75) is 52.4 Å². The minimum Gasteiger partial charge on any atom is -0.455 e. The summed E-state index contributed by atoms with van der Waals surface area (Å²) < 4.78 is 34.5. The monoisotopic (exact) mass is 552 g/mol. The molecule has 0 fully saturated rings. The zero-order valence-corrected chi connectivity index (χ0v) is 24.0. The SMILES string of the molecule is CCCC1=C(c2oc3ccccc3c2-c2cc(-c3ccccc3)sc2CCC)C=C(C2=CC=CCC2)S1(=O)=O. The van der Waals surface area contributed by atoms with Gasteiger partial charge in [0.2, 0.25) is 9.84 Å². The Balaban J connectivity index is 1.63. The van der Waals surface area contributed by atoms with E-state index in [0.717, 1.165) is 59.8 Å². The lowest BCUT2D eigenvalue weighted by Gasteiger charge is -2.12. The van der Waals surface area contributed by atoms with Crippen molar-refractivity contribution >= 4 is 37.7 Å². The molecule has 2 aromatic heterocycles. The molecule has 3 nitrogen and oxygen atoms in total. The number of sulfone groups is 1. The number of rotatable bonds is 8. The highest BCUT2D eigenvalue weighted by Gasteiger charge is 2.37. The highest BCUT2D eigenvalue weighted by atomic mass is 32.2. The molecule has 0 amide bonds. The van der Waals surface area contributed by atoms with Gasteiger partial charge >= 0.3 is 0 Å². The van der Waals surface area contributed by atoms with Crippen LogP contribution in [0.3, 0.4) is 0 Å². The molecule has 6 rings (SSSR count). The molecule has 2 aliphatic rings. The van der Waals surface area contributed by atoms with Crippen LogP contribution in [0.15, 0.2) is 105 Å². The van der Waals surface area contributed by atoms with Gasteiger partial charge in [-0.25, -0.2) is 8.42 Å². The molecule has 0 saturated carbocycles. The van der Waals surface area contributed by atoms with E-state index in [1.807, 2.05) is 60.8 Å². The van der Waals surface area contributed by atoms with Gasteiger partial charge in [0.15, 0.2) is 0 Å². The van der Waals surface area contributed by atoms with Crippen molar-refractivity contribution in [3.8, 4) is 21.6 Å². The third-order valence-electron chi connectivity index (χ3n) is 7.45. The maximum Gasteiger partial charge on any atom is 0.203 e. The maximum atomic E-state index is 14.0. The first-order valence-corrected chi connectivity index (χ1v) is 16.1. The molecule has 3 heterocycles. The van der Waals surface area contributed by atoms with E-state index in [4.69, 9.17) is 4.42 Å². The van der Waals surface area contributed by atoms with Crippen LogP contribution in [0, 0.1) is 0 Å². The van der Waals surface area contributed by atoms with Crippen LogP contribution in [0.5, 0.6) is 0 Å². The van der Waals surface area contributed by atoms with Crippen molar-refractivity contribution in [1.29, 1.82) is 0 Å². The van der Waals surface area contributed by atoms with E-state index >= 15 is 0 Å². The second-order valence-corrected chi connectivity index (χ2v) is 13.2. The van der Waals surface area contributed by atoms with Gasteiger partial charge in [-0.05, 0) is 55.0 Å². The highest BCUT2D eigenvalue weighted by Crippen LogP contribution is 2.50. The summed E-state index contributed by atoms with van der Waals surface area (Å²) in [5.74, 6) is 0.667. The number of allylic oxidation sites excluding steroid dienone is 7. The molecule has 39 heavy (non-hydrogen) atoms. The molecule has 1 aliphatic carbocycles. The Bertz CT molecular complexity index is 1770. The lowest BCUT2D eigenvalue weighted by atomic mass is 9.95. The molecule has 0 atom stereocenters. The molecule has 0 radical (unpaired) electrons. The first-order valence-electron chi connectivity index (χ1n) is 13.8. The summed E-state index contributed by atoms with van der Waals surface area (Å²) in [6.45, 7) is 4.23. The van der Waals surface area contributed by atoms with Gasteiger partial charge < -0.3 is 4.42 Å². The van der Waals surface area contributed by atoms with Gasteiger partial charge in [0, 0.05) is 31.8 Å². The number of fused-ring (bicyclic) bond motifs is 1. The third kappa shape index (κ3) is 4.58. The third-order valence-corrected chi connectivity index (χ3v) is 10.7. The van der Waals surface area contributed by atoms with Crippen LogP contribution in [-0.2, 0) is 16.3 Å². The van der Waals surface area contributed by atoms with Crippen LogP contribution in [-0.4, -0.2) is 8.42 Å². The van der Waals surface area contributed by atoms with E-state index < -0.39 is 9.84 Å². The summed E-state index contributed by atoms with van der Waals surface area (Å²) in [5, 5.41) is 1.02. The van der Waals surface area contributed by atoms with Crippen LogP contribution in [0.25, 0.3) is 38.1 Å². The Labute approximate surface area is 234 Å². The van der Waals surface area contributed by atoms with E-state index in [1.54, 1.807) is 0 Å². The molecule has 1 aliphatic heterocycles. The zero-order valence-electron chi connectivity index (χ0n) is 22.4. The van der Waals surface area contributed by atoms with E-state index in [9.17, 15) is 8.42 Å². The molecule has 4 aromatic rings. The Kier molecular flexibility index (Phi) is 7.05. The molecule has 0 spiro atoms. The lowest BCUT2D eigenvalue weighted by molar-refractivity contribution is 0.599.